The summed E-state index contributed by atoms with van der Waals surface area (Å²) in [5.74, 6) is 0.557. The number of anilines is 1. The van der Waals surface area contributed by atoms with Gasteiger partial charge in [-0.25, -0.2) is 14.8 Å². The Morgan fingerprint density at radius 1 is 1.61 bits per heavy atom. The van der Waals surface area contributed by atoms with E-state index in [0.29, 0.717) is 17.0 Å². The molecule has 2 rings (SSSR count). The Morgan fingerprint density at radius 3 is 3.11 bits per heavy atom. The maximum Gasteiger partial charge on any atom is 0.358 e. The van der Waals surface area contributed by atoms with E-state index in [4.69, 9.17) is 4.42 Å². The molecule has 2 aromatic heterocycles. The number of ether oxygens (including phenoxy) is 1. The van der Waals surface area contributed by atoms with Gasteiger partial charge in [0, 0.05) is 6.20 Å². The van der Waals surface area contributed by atoms with Crippen molar-refractivity contribution in [2.75, 3.05) is 12.4 Å². The first-order valence-electron chi connectivity index (χ1n) is 5.08. The summed E-state index contributed by atoms with van der Waals surface area (Å²) in [7, 11) is 1.30. The number of carbonyl (C=O) groups is 1. The molecule has 0 amide bonds. The van der Waals surface area contributed by atoms with Crippen molar-refractivity contribution < 1.29 is 13.9 Å². The Hall–Kier alpha value is -1.89. The minimum atomic E-state index is -0.523. The molecule has 0 aromatic carbocycles. The number of carbonyl (C=O) groups excluding carboxylic acids is 1. The number of esters is 1. The summed E-state index contributed by atoms with van der Waals surface area (Å²) in [5, 5.41) is 2.95. The Bertz CT molecular complexity index is 542. The second-order valence-electron chi connectivity index (χ2n) is 3.31. The summed E-state index contributed by atoms with van der Waals surface area (Å²) in [6.07, 6.45) is 3.07. The van der Waals surface area contributed by atoms with E-state index in [9.17, 15) is 4.79 Å². The van der Waals surface area contributed by atoms with Crippen LogP contribution in [-0.4, -0.2) is 23.0 Å². The molecule has 0 unspecified atom stereocenters. The van der Waals surface area contributed by atoms with Crippen molar-refractivity contribution in [1.29, 1.82) is 0 Å². The lowest BCUT2D eigenvalue weighted by atomic mass is 10.4. The molecule has 0 saturated carbocycles. The largest absolute Gasteiger partial charge is 0.467 e. The van der Waals surface area contributed by atoms with Gasteiger partial charge >= 0.3 is 5.97 Å². The normalized spacial score (nSPS) is 10.1. The number of hydrogen-bond donors (Lipinski definition) is 1. The number of hydrogen-bond acceptors (Lipinski definition) is 6. The molecule has 0 aliphatic carbocycles. The molecule has 0 saturated heterocycles. The predicted octanol–water partition coefficient (Wildman–Crippen LogP) is 2.23. The number of methoxy groups -OCH3 is 1. The summed E-state index contributed by atoms with van der Waals surface area (Å²) in [6, 6.07) is 3.62. The van der Waals surface area contributed by atoms with Gasteiger partial charge in [0.25, 0.3) is 0 Å². The Balaban J connectivity index is 2.12. The lowest BCUT2D eigenvalue weighted by molar-refractivity contribution is 0.0593. The molecule has 0 fully saturated rings. The first kappa shape index (κ1) is 12.6. The number of aromatic nitrogens is 2. The molecule has 94 valence electrons. The first-order valence-corrected chi connectivity index (χ1v) is 5.87. The van der Waals surface area contributed by atoms with E-state index in [-0.39, 0.29) is 5.69 Å². The number of nitrogens with one attached hydrogen (secondary N) is 1. The molecule has 0 radical (unpaired) electrons. The minimum absolute atomic E-state index is 0.175. The zero-order valence-electron chi connectivity index (χ0n) is 9.51. The molecule has 0 aliphatic rings. The van der Waals surface area contributed by atoms with Crippen molar-refractivity contribution in [3.8, 4) is 0 Å². The van der Waals surface area contributed by atoms with Crippen LogP contribution in [0.25, 0.3) is 0 Å². The zero-order chi connectivity index (χ0) is 13.0. The second-order valence-corrected chi connectivity index (χ2v) is 4.17. The minimum Gasteiger partial charge on any atom is -0.467 e. The molecule has 0 atom stereocenters. The molecule has 18 heavy (non-hydrogen) atoms. The van der Waals surface area contributed by atoms with Gasteiger partial charge in [0.05, 0.1) is 24.4 Å². The van der Waals surface area contributed by atoms with Crippen molar-refractivity contribution in [1.82, 2.24) is 9.97 Å². The number of halogens is 1. The van der Waals surface area contributed by atoms with Gasteiger partial charge in [0.1, 0.15) is 5.76 Å². The molecule has 7 heteroatoms. The van der Waals surface area contributed by atoms with E-state index in [1.54, 1.807) is 12.3 Å². The number of rotatable bonds is 4. The van der Waals surface area contributed by atoms with E-state index in [0.717, 1.165) is 5.76 Å². The van der Waals surface area contributed by atoms with E-state index < -0.39 is 5.97 Å². The third kappa shape index (κ3) is 2.86. The van der Waals surface area contributed by atoms with E-state index in [1.165, 1.54) is 13.3 Å². The fourth-order valence-electron chi connectivity index (χ4n) is 1.27. The average Bonchev–Trinajstić information content (AvgIpc) is 2.90. The van der Waals surface area contributed by atoms with E-state index >= 15 is 0 Å². The highest BCUT2D eigenvalue weighted by Crippen LogP contribution is 2.16. The molecule has 1 N–H and O–H groups in total. The molecule has 0 aliphatic heterocycles. The molecule has 6 nitrogen and oxygen atoms in total. The number of nitrogens with zero attached hydrogens (tertiary/aromatic N) is 2. The predicted molar refractivity (Wildman–Crippen MR) is 67.1 cm³/mol. The summed E-state index contributed by atoms with van der Waals surface area (Å²) in [6.45, 7) is 0.440. The third-order valence-corrected chi connectivity index (χ3v) is 2.70. The van der Waals surface area contributed by atoms with E-state index in [2.05, 4.69) is 36.0 Å². The summed E-state index contributed by atoms with van der Waals surface area (Å²) >= 11 is 3.19. The fraction of sp³-hybridized carbons (Fsp3) is 0.182. The van der Waals surface area contributed by atoms with Crippen LogP contribution in [0.3, 0.4) is 0 Å². The quantitative estimate of drug-likeness (QED) is 0.872. The Morgan fingerprint density at radius 2 is 2.44 bits per heavy atom. The molecule has 0 bridgehead atoms. The second kappa shape index (κ2) is 5.63. The van der Waals surface area contributed by atoms with Crippen LogP contribution in [0.5, 0.6) is 0 Å². The van der Waals surface area contributed by atoms with Crippen LogP contribution >= 0.6 is 15.9 Å². The maximum atomic E-state index is 11.4. The van der Waals surface area contributed by atoms with Crippen molar-refractivity contribution in [3.63, 3.8) is 0 Å². The van der Waals surface area contributed by atoms with E-state index in [1.807, 2.05) is 6.07 Å². The van der Waals surface area contributed by atoms with Gasteiger partial charge in [-0.15, -0.1) is 0 Å². The highest BCUT2D eigenvalue weighted by molar-refractivity contribution is 9.10. The fourth-order valence-corrected chi connectivity index (χ4v) is 1.62. The van der Waals surface area contributed by atoms with Crippen LogP contribution in [0.2, 0.25) is 0 Å². The molecule has 0 spiro atoms. The molecule has 2 aromatic rings. The van der Waals surface area contributed by atoms with Crippen molar-refractivity contribution in [3.05, 3.63) is 40.5 Å². The van der Waals surface area contributed by atoms with Crippen LogP contribution in [0.4, 0.5) is 5.95 Å². The monoisotopic (exact) mass is 311 g/mol. The highest BCUT2D eigenvalue weighted by atomic mass is 79.9. The van der Waals surface area contributed by atoms with Gasteiger partial charge in [-0.3, -0.25) is 0 Å². The Kier molecular flexibility index (Phi) is 3.93. The standard InChI is InChI=1S/C11H10BrN3O3/c1-17-10(16)9-8(12)6-14-11(15-9)13-5-7-3-2-4-18-7/h2-4,6H,5H2,1H3,(H,13,14,15). The summed E-state index contributed by atoms with van der Waals surface area (Å²) in [5.41, 5.74) is 0.175. The van der Waals surface area contributed by atoms with Crippen LogP contribution < -0.4 is 5.32 Å². The maximum absolute atomic E-state index is 11.4. The molecular formula is C11H10BrN3O3. The van der Waals surface area contributed by atoms with Gasteiger partial charge in [-0.1, -0.05) is 0 Å². The average molecular weight is 312 g/mol. The van der Waals surface area contributed by atoms with Crippen LogP contribution in [0.15, 0.2) is 33.5 Å². The zero-order valence-corrected chi connectivity index (χ0v) is 11.1. The van der Waals surface area contributed by atoms with Gasteiger partial charge in [-0.05, 0) is 28.1 Å². The smallest absolute Gasteiger partial charge is 0.358 e. The van der Waals surface area contributed by atoms with Crippen molar-refractivity contribution in [2.45, 2.75) is 6.54 Å². The highest BCUT2D eigenvalue weighted by Gasteiger charge is 2.13. The SMILES string of the molecule is COC(=O)c1nc(NCc2ccco2)ncc1Br. The number of furan rings is 1. The van der Waals surface area contributed by atoms with Crippen molar-refractivity contribution >= 4 is 27.8 Å². The van der Waals surface area contributed by atoms with Gasteiger partial charge in [-0.2, -0.15) is 0 Å². The summed E-state index contributed by atoms with van der Waals surface area (Å²) in [4.78, 5) is 19.5. The topological polar surface area (TPSA) is 77.2 Å². The first-order chi connectivity index (χ1) is 8.70. The van der Waals surface area contributed by atoms with Crippen LogP contribution in [-0.2, 0) is 11.3 Å². The lowest BCUT2D eigenvalue weighted by Crippen LogP contribution is -2.10. The lowest BCUT2D eigenvalue weighted by Gasteiger charge is -2.05. The van der Waals surface area contributed by atoms with Crippen LogP contribution in [0, 0.1) is 0 Å². The molecule has 2 heterocycles. The Labute approximate surface area is 112 Å². The van der Waals surface area contributed by atoms with Crippen LogP contribution in [0.1, 0.15) is 16.2 Å². The van der Waals surface area contributed by atoms with Crippen molar-refractivity contribution in [2.24, 2.45) is 0 Å². The molecular weight excluding hydrogens is 302 g/mol. The van der Waals surface area contributed by atoms with Gasteiger partial charge in [0.15, 0.2) is 5.69 Å². The third-order valence-electron chi connectivity index (χ3n) is 2.12. The van der Waals surface area contributed by atoms with Gasteiger partial charge < -0.3 is 14.5 Å². The summed E-state index contributed by atoms with van der Waals surface area (Å²) < 4.78 is 10.3. The van der Waals surface area contributed by atoms with Gasteiger partial charge in [0.2, 0.25) is 5.95 Å².